The molecule has 1 aromatic carbocycles. The monoisotopic (exact) mass is 299 g/mol. The molecule has 6 nitrogen and oxygen atoms in total. The van der Waals surface area contributed by atoms with E-state index in [0.717, 1.165) is 0 Å². The summed E-state index contributed by atoms with van der Waals surface area (Å²) < 4.78 is 5.38. The van der Waals surface area contributed by atoms with Gasteiger partial charge in [0.2, 0.25) is 0 Å². The Kier molecular flexibility index (Phi) is 6.11. The van der Waals surface area contributed by atoms with Gasteiger partial charge in [0.1, 0.15) is 5.75 Å². The van der Waals surface area contributed by atoms with Crippen molar-refractivity contribution in [3.05, 3.63) is 29.3 Å². The second kappa shape index (κ2) is 7.59. The number of benzene rings is 1. The van der Waals surface area contributed by atoms with Crippen molar-refractivity contribution in [2.75, 3.05) is 13.2 Å². The molecule has 0 heterocycles. The van der Waals surface area contributed by atoms with E-state index in [9.17, 15) is 4.79 Å². The van der Waals surface area contributed by atoms with Crippen molar-refractivity contribution in [1.82, 2.24) is 4.90 Å². The van der Waals surface area contributed by atoms with Gasteiger partial charge in [0.25, 0.3) is 5.91 Å². The zero-order valence-corrected chi connectivity index (χ0v) is 12.2. The molecule has 0 aliphatic carbocycles. The summed E-state index contributed by atoms with van der Waals surface area (Å²) in [6, 6.07) is 6.69. The van der Waals surface area contributed by atoms with Crippen LogP contribution in [-0.2, 0) is 4.79 Å². The van der Waals surface area contributed by atoms with E-state index in [1.807, 2.05) is 13.8 Å². The lowest BCUT2D eigenvalue weighted by Crippen LogP contribution is -2.45. The zero-order valence-electron chi connectivity index (χ0n) is 11.4. The molecule has 0 spiro atoms. The molecule has 0 aliphatic heterocycles. The van der Waals surface area contributed by atoms with Crippen LogP contribution in [-0.4, -0.2) is 41.0 Å². The van der Waals surface area contributed by atoms with Gasteiger partial charge in [-0.05, 0) is 32.0 Å². The standard InChI is InChI=1S/C13H18ClN3O3/c1-9(2)17(7-12(15)16-19)13(18)8-20-11-5-3-4-10(14)6-11/h3-6,9,19H,7-8H2,1-2H3,(H2,15,16). The molecular formula is C13H18ClN3O3. The molecule has 0 unspecified atom stereocenters. The third-order valence-corrected chi connectivity index (χ3v) is 2.80. The summed E-state index contributed by atoms with van der Waals surface area (Å²) in [6.45, 7) is 3.58. The summed E-state index contributed by atoms with van der Waals surface area (Å²) in [6.07, 6.45) is 0. The Morgan fingerprint density at radius 1 is 1.55 bits per heavy atom. The van der Waals surface area contributed by atoms with Crippen molar-refractivity contribution in [2.24, 2.45) is 10.9 Å². The second-order valence-corrected chi connectivity index (χ2v) is 4.89. The predicted octanol–water partition coefficient (Wildman–Crippen LogP) is 1.70. The summed E-state index contributed by atoms with van der Waals surface area (Å²) >= 11 is 5.83. The highest BCUT2D eigenvalue weighted by atomic mass is 35.5. The van der Waals surface area contributed by atoms with Gasteiger partial charge in [-0.3, -0.25) is 4.79 Å². The number of amides is 1. The summed E-state index contributed by atoms with van der Waals surface area (Å²) in [5.74, 6) is 0.222. The Hall–Kier alpha value is -1.95. The van der Waals surface area contributed by atoms with E-state index in [1.54, 1.807) is 24.3 Å². The van der Waals surface area contributed by atoms with Gasteiger partial charge in [-0.1, -0.05) is 22.8 Å². The fraction of sp³-hybridized carbons (Fsp3) is 0.385. The molecule has 0 aromatic heterocycles. The highest BCUT2D eigenvalue weighted by Crippen LogP contribution is 2.17. The van der Waals surface area contributed by atoms with Crippen LogP contribution in [0.1, 0.15) is 13.8 Å². The molecule has 0 bridgehead atoms. The quantitative estimate of drug-likeness (QED) is 0.362. The number of carbonyl (C=O) groups is 1. The topological polar surface area (TPSA) is 88.1 Å². The lowest BCUT2D eigenvalue weighted by molar-refractivity contribution is -0.134. The molecule has 7 heteroatoms. The molecule has 0 saturated heterocycles. The number of carbonyl (C=O) groups excluding carboxylic acids is 1. The number of nitrogens with two attached hydrogens (primary N) is 1. The van der Waals surface area contributed by atoms with Gasteiger partial charge in [0.15, 0.2) is 12.4 Å². The fourth-order valence-electron chi connectivity index (χ4n) is 1.55. The predicted molar refractivity (Wildman–Crippen MR) is 77.2 cm³/mol. The van der Waals surface area contributed by atoms with Crippen LogP contribution < -0.4 is 10.5 Å². The Bertz CT molecular complexity index is 492. The van der Waals surface area contributed by atoms with Crippen molar-refractivity contribution < 1.29 is 14.7 Å². The maximum absolute atomic E-state index is 12.1. The minimum atomic E-state index is -0.258. The van der Waals surface area contributed by atoms with E-state index in [0.29, 0.717) is 10.8 Å². The van der Waals surface area contributed by atoms with Crippen molar-refractivity contribution in [2.45, 2.75) is 19.9 Å². The maximum atomic E-state index is 12.1. The number of hydrogen-bond acceptors (Lipinski definition) is 4. The second-order valence-electron chi connectivity index (χ2n) is 4.45. The van der Waals surface area contributed by atoms with Crippen molar-refractivity contribution in [1.29, 1.82) is 0 Å². The van der Waals surface area contributed by atoms with E-state index < -0.39 is 0 Å². The number of ether oxygens (including phenoxy) is 1. The van der Waals surface area contributed by atoms with Crippen molar-refractivity contribution in [3.63, 3.8) is 0 Å². The minimum Gasteiger partial charge on any atom is -0.484 e. The van der Waals surface area contributed by atoms with Gasteiger partial charge >= 0.3 is 0 Å². The molecule has 0 aliphatic rings. The van der Waals surface area contributed by atoms with Gasteiger partial charge in [0, 0.05) is 11.1 Å². The Balaban J connectivity index is 2.62. The molecule has 1 amide bonds. The van der Waals surface area contributed by atoms with Crippen LogP contribution in [0.25, 0.3) is 0 Å². The third kappa shape index (κ3) is 4.97. The first kappa shape index (κ1) is 16.1. The molecular weight excluding hydrogens is 282 g/mol. The van der Waals surface area contributed by atoms with Crippen LogP contribution in [0.5, 0.6) is 5.75 Å². The van der Waals surface area contributed by atoms with E-state index in [4.69, 9.17) is 27.3 Å². The highest BCUT2D eigenvalue weighted by Gasteiger charge is 2.18. The normalized spacial score (nSPS) is 11.5. The SMILES string of the molecule is CC(C)N(CC(N)=NO)C(=O)COc1cccc(Cl)c1. The van der Waals surface area contributed by atoms with Gasteiger partial charge in [0.05, 0.1) is 6.54 Å². The van der Waals surface area contributed by atoms with E-state index in [1.165, 1.54) is 4.90 Å². The molecule has 110 valence electrons. The van der Waals surface area contributed by atoms with Crippen LogP contribution in [0.2, 0.25) is 5.02 Å². The third-order valence-electron chi connectivity index (χ3n) is 2.56. The molecule has 0 atom stereocenters. The molecule has 1 rings (SSSR count). The van der Waals surface area contributed by atoms with Crippen LogP contribution in [0, 0.1) is 0 Å². The lowest BCUT2D eigenvalue weighted by atomic mass is 10.3. The highest BCUT2D eigenvalue weighted by molar-refractivity contribution is 6.30. The maximum Gasteiger partial charge on any atom is 0.261 e. The number of rotatable bonds is 6. The Morgan fingerprint density at radius 3 is 2.80 bits per heavy atom. The summed E-state index contributed by atoms with van der Waals surface area (Å²) in [4.78, 5) is 13.5. The molecule has 20 heavy (non-hydrogen) atoms. The summed E-state index contributed by atoms with van der Waals surface area (Å²) in [7, 11) is 0. The van der Waals surface area contributed by atoms with Crippen LogP contribution in [0.4, 0.5) is 0 Å². The number of halogens is 1. The Labute approximate surface area is 122 Å². The van der Waals surface area contributed by atoms with Crippen LogP contribution in [0.15, 0.2) is 29.4 Å². The fourth-order valence-corrected chi connectivity index (χ4v) is 1.73. The molecule has 1 aromatic rings. The number of nitrogens with zero attached hydrogens (tertiary/aromatic N) is 2. The summed E-state index contributed by atoms with van der Waals surface area (Å²) in [5, 5.41) is 12.0. The average molecular weight is 300 g/mol. The van der Waals surface area contributed by atoms with E-state index >= 15 is 0 Å². The van der Waals surface area contributed by atoms with Crippen LogP contribution >= 0.6 is 11.6 Å². The number of amidine groups is 1. The molecule has 3 N–H and O–H groups in total. The lowest BCUT2D eigenvalue weighted by Gasteiger charge is -2.26. The minimum absolute atomic E-state index is 0.0326. The van der Waals surface area contributed by atoms with Gasteiger partial charge in [-0.2, -0.15) is 0 Å². The van der Waals surface area contributed by atoms with E-state index in [2.05, 4.69) is 5.16 Å². The van der Waals surface area contributed by atoms with Gasteiger partial charge in [-0.15, -0.1) is 0 Å². The number of hydrogen-bond donors (Lipinski definition) is 2. The molecule has 0 saturated carbocycles. The smallest absolute Gasteiger partial charge is 0.261 e. The van der Waals surface area contributed by atoms with Crippen LogP contribution in [0.3, 0.4) is 0 Å². The first-order chi connectivity index (χ1) is 9.43. The van der Waals surface area contributed by atoms with Crippen molar-refractivity contribution in [3.8, 4) is 5.75 Å². The average Bonchev–Trinajstić information content (AvgIpc) is 2.41. The first-order valence-corrected chi connectivity index (χ1v) is 6.46. The van der Waals surface area contributed by atoms with Crippen molar-refractivity contribution >= 4 is 23.3 Å². The zero-order chi connectivity index (χ0) is 15.1. The number of oxime groups is 1. The van der Waals surface area contributed by atoms with E-state index in [-0.39, 0.29) is 30.9 Å². The molecule has 0 fully saturated rings. The molecule has 0 radical (unpaired) electrons. The van der Waals surface area contributed by atoms with Gasteiger partial charge in [-0.25, -0.2) is 0 Å². The summed E-state index contributed by atoms with van der Waals surface area (Å²) in [5.41, 5.74) is 5.42. The first-order valence-electron chi connectivity index (χ1n) is 6.08. The Morgan fingerprint density at radius 2 is 2.25 bits per heavy atom. The largest absolute Gasteiger partial charge is 0.484 e. The van der Waals surface area contributed by atoms with Gasteiger partial charge < -0.3 is 20.6 Å².